The van der Waals surface area contributed by atoms with Gasteiger partial charge in [-0.3, -0.25) is 0 Å². The average molecular weight is 392 g/mol. The zero-order valence-electron chi connectivity index (χ0n) is 19.8. The Morgan fingerprint density at radius 3 is 1.74 bits per heavy atom. The Morgan fingerprint density at radius 2 is 1.41 bits per heavy atom. The summed E-state index contributed by atoms with van der Waals surface area (Å²) in [6, 6.07) is 0.837. The van der Waals surface area contributed by atoms with Crippen LogP contribution < -0.4 is 0 Å². The number of likely N-dealkylation sites (tertiary alicyclic amines) is 1. The van der Waals surface area contributed by atoms with Crippen LogP contribution in [0, 0.1) is 0 Å². The molecule has 2 aliphatic rings. The molecule has 168 valence electrons. The van der Waals surface area contributed by atoms with Crippen molar-refractivity contribution >= 4 is 0 Å². The number of unbranched alkanes of at least 4 members (excludes halogenated alkanes) is 2. The molecule has 1 atom stereocenters. The number of piperidine rings is 1. The molecule has 0 bridgehead atoms. The van der Waals surface area contributed by atoms with Crippen LogP contribution in [0.25, 0.3) is 0 Å². The molecule has 4 nitrogen and oxygen atoms in total. The van der Waals surface area contributed by atoms with Crippen molar-refractivity contribution in [1.29, 1.82) is 0 Å². The van der Waals surface area contributed by atoms with E-state index in [1.807, 2.05) is 13.8 Å². The molecule has 2 N–H and O–H groups in total. The van der Waals surface area contributed by atoms with Crippen LogP contribution in [0.15, 0.2) is 0 Å². The highest BCUT2D eigenvalue weighted by Gasteiger charge is 2.13. The summed E-state index contributed by atoms with van der Waals surface area (Å²) in [6.07, 6.45) is 15.1. The van der Waals surface area contributed by atoms with Crippen molar-refractivity contribution in [3.63, 3.8) is 0 Å². The second-order valence-corrected chi connectivity index (χ2v) is 7.03. The van der Waals surface area contributed by atoms with Gasteiger partial charge in [0.1, 0.15) is 0 Å². The second kappa shape index (κ2) is 28.1. The lowest BCUT2D eigenvalue weighted by atomic mass is 9.98. The van der Waals surface area contributed by atoms with Gasteiger partial charge in [0.2, 0.25) is 0 Å². The predicted molar refractivity (Wildman–Crippen MR) is 121 cm³/mol. The molecular formula is C23H53NO3. The van der Waals surface area contributed by atoms with Crippen LogP contribution in [0.4, 0.5) is 0 Å². The van der Waals surface area contributed by atoms with Crippen molar-refractivity contribution in [2.24, 2.45) is 0 Å². The summed E-state index contributed by atoms with van der Waals surface area (Å²) in [6.45, 7) is 12.7. The fourth-order valence-electron chi connectivity index (χ4n) is 3.05. The first-order valence-electron chi connectivity index (χ1n) is 11.5. The van der Waals surface area contributed by atoms with Gasteiger partial charge in [-0.15, -0.1) is 0 Å². The van der Waals surface area contributed by atoms with Crippen molar-refractivity contribution in [3.05, 3.63) is 0 Å². The lowest BCUT2D eigenvalue weighted by Crippen LogP contribution is -2.33. The molecule has 1 unspecified atom stereocenters. The topological polar surface area (TPSA) is 52.9 Å². The van der Waals surface area contributed by atoms with E-state index >= 15 is 0 Å². The molecule has 27 heavy (non-hydrogen) atoms. The summed E-state index contributed by atoms with van der Waals surface area (Å²) in [5, 5.41) is 15.5. The summed E-state index contributed by atoms with van der Waals surface area (Å²) >= 11 is 0. The van der Waals surface area contributed by atoms with E-state index in [-0.39, 0.29) is 6.61 Å². The number of rotatable bonds is 5. The molecule has 0 radical (unpaired) electrons. The highest BCUT2D eigenvalue weighted by Crippen LogP contribution is 2.19. The van der Waals surface area contributed by atoms with E-state index in [1.54, 1.807) is 0 Å². The van der Waals surface area contributed by atoms with Gasteiger partial charge >= 0.3 is 0 Å². The van der Waals surface area contributed by atoms with E-state index in [9.17, 15) is 0 Å². The fraction of sp³-hybridized carbons (Fsp3) is 1.00. The van der Waals surface area contributed by atoms with Crippen LogP contribution in [0.5, 0.6) is 0 Å². The van der Waals surface area contributed by atoms with Crippen molar-refractivity contribution in [2.75, 3.05) is 33.9 Å². The summed E-state index contributed by atoms with van der Waals surface area (Å²) in [5.41, 5.74) is 0. The van der Waals surface area contributed by atoms with Crippen LogP contribution in [-0.2, 0) is 4.74 Å². The highest BCUT2D eigenvalue weighted by molar-refractivity contribution is 4.68. The van der Waals surface area contributed by atoms with Crippen LogP contribution in [0.3, 0.4) is 0 Å². The Morgan fingerprint density at radius 1 is 0.889 bits per heavy atom. The molecule has 0 spiro atoms. The maximum absolute atomic E-state index is 8.47. The third kappa shape index (κ3) is 23.8. The molecule has 2 rings (SSSR count). The second-order valence-electron chi connectivity index (χ2n) is 7.03. The molecule has 0 aromatic heterocycles. The number of aliphatic hydroxyl groups excluding tert-OH is 2. The lowest BCUT2D eigenvalue weighted by molar-refractivity contribution is 0.00882. The van der Waals surface area contributed by atoms with Gasteiger partial charge in [0.15, 0.2) is 0 Å². The quantitative estimate of drug-likeness (QED) is 0.636. The number of aliphatic hydroxyl groups is 2. The molecule has 1 saturated carbocycles. The van der Waals surface area contributed by atoms with E-state index in [0.717, 1.165) is 13.2 Å². The smallest absolute Gasteiger partial charge is 0.0701 e. The molecule has 0 aromatic carbocycles. The fourth-order valence-corrected chi connectivity index (χ4v) is 3.05. The van der Waals surface area contributed by atoms with E-state index in [2.05, 4.69) is 32.7 Å². The van der Waals surface area contributed by atoms with Gasteiger partial charge in [-0.1, -0.05) is 72.6 Å². The van der Waals surface area contributed by atoms with Crippen LogP contribution in [0.2, 0.25) is 0 Å². The van der Waals surface area contributed by atoms with Gasteiger partial charge in [0.05, 0.1) is 19.3 Å². The van der Waals surface area contributed by atoms with Crippen molar-refractivity contribution in [2.45, 2.75) is 117 Å². The molecule has 0 aromatic rings. The van der Waals surface area contributed by atoms with Gasteiger partial charge in [-0.25, -0.2) is 0 Å². The van der Waals surface area contributed by atoms with Crippen molar-refractivity contribution < 1.29 is 14.9 Å². The molecular weight excluding hydrogens is 338 g/mol. The SMILES string of the molecule is CC.CC1CCCCN1C.CCCCC.CO.OCCOC1CCCCC1. The Labute approximate surface area is 171 Å². The van der Waals surface area contributed by atoms with E-state index in [1.165, 1.54) is 77.2 Å². The Hall–Kier alpha value is -0.160. The van der Waals surface area contributed by atoms with Crippen LogP contribution >= 0.6 is 0 Å². The van der Waals surface area contributed by atoms with Crippen molar-refractivity contribution in [3.8, 4) is 0 Å². The maximum Gasteiger partial charge on any atom is 0.0701 e. The van der Waals surface area contributed by atoms with E-state index in [0.29, 0.717) is 12.7 Å². The van der Waals surface area contributed by atoms with Crippen LogP contribution in [0.1, 0.15) is 105 Å². The van der Waals surface area contributed by atoms with Gasteiger partial charge in [0, 0.05) is 13.2 Å². The first kappa shape index (κ1) is 31.5. The minimum Gasteiger partial charge on any atom is -0.400 e. The summed E-state index contributed by atoms with van der Waals surface area (Å²) in [7, 11) is 3.21. The standard InChI is InChI=1S/C8H16O2.C7H15N.C5H12.C2H6.CH4O/c9-6-7-10-8-4-2-1-3-5-8;1-7-5-3-4-6-8(7)2;1-3-5-4-2;2*1-2/h8-9H,1-7H2;7H,3-6H2,1-2H3;3-5H2,1-2H3;1-2H3;2H,1H3. The third-order valence-electron chi connectivity index (χ3n) is 4.84. The first-order chi connectivity index (χ1) is 13.2. The summed E-state index contributed by atoms with van der Waals surface area (Å²) < 4.78 is 5.38. The zero-order valence-corrected chi connectivity index (χ0v) is 19.8. The predicted octanol–water partition coefficient (Wildman–Crippen LogP) is 5.65. The highest BCUT2D eigenvalue weighted by atomic mass is 16.5. The Bertz CT molecular complexity index is 222. The number of nitrogens with zero attached hydrogens (tertiary/aromatic N) is 1. The molecule has 1 heterocycles. The largest absolute Gasteiger partial charge is 0.400 e. The minimum absolute atomic E-state index is 0.163. The molecule has 4 heteroatoms. The number of ether oxygens (including phenoxy) is 1. The Kier molecular flexibility index (Phi) is 32.8. The van der Waals surface area contributed by atoms with E-state index < -0.39 is 0 Å². The minimum atomic E-state index is 0.163. The molecule has 0 amide bonds. The molecule has 1 saturated heterocycles. The van der Waals surface area contributed by atoms with Gasteiger partial charge in [-0.05, 0) is 46.2 Å². The third-order valence-corrected chi connectivity index (χ3v) is 4.84. The van der Waals surface area contributed by atoms with Gasteiger partial charge in [0.25, 0.3) is 0 Å². The average Bonchev–Trinajstić information content (AvgIpc) is 2.74. The first-order valence-corrected chi connectivity index (χ1v) is 11.5. The molecule has 2 fully saturated rings. The zero-order chi connectivity index (χ0) is 21.3. The lowest BCUT2D eigenvalue weighted by Gasteiger charge is -2.29. The summed E-state index contributed by atoms with van der Waals surface area (Å²) in [5.74, 6) is 0. The van der Waals surface area contributed by atoms with Crippen molar-refractivity contribution in [1.82, 2.24) is 4.90 Å². The number of hydrogen-bond donors (Lipinski definition) is 2. The monoisotopic (exact) mass is 391 g/mol. The normalized spacial score (nSPS) is 19.7. The number of hydrogen-bond acceptors (Lipinski definition) is 4. The molecule has 1 aliphatic carbocycles. The van der Waals surface area contributed by atoms with Gasteiger partial charge in [-0.2, -0.15) is 0 Å². The Balaban J connectivity index is -0.000000305. The maximum atomic E-state index is 8.47. The van der Waals surface area contributed by atoms with Gasteiger partial charge < -0.3 is 19.8 Å². The molecule has 1 aliphatic heterocycles. The van der Waals surface area contributed by atoms with Crippen LogP contribution in [-0.4, -0.2) is 61.2 Å². The van der Waals surface area contributed by atoms with E-state index in [4.69, 9.17) is 14.9 Å². The summed E-state index contributed by atoms with van der Waals surface area (Å²) in [4.78, 5) is 2.43.